The number of hydrogen-bond donors (Lipinski definition) is 1. The van der Waals surface area contributed by atoms with Gasteiger partial charge in [-0.15, -0.1) is 10.2 Å². The largest absolute Gasteiger partial charge is 0.339 e. The molecule has 1 N–H and O–H groups in total. The molecule has 130 valence electrons. The van der Waals surface area contributed by atoms with Gasteiger partial charge in [-0.2, -0.15) is 0 Å². The molecule has 0 radical (unpaired) electrons. The van der Waals surface area contributed by atoms with Gasteiger partial charge in [0.2, 0.25) is 16.9 Å². The standard InChI is InChI=1S/C17H19N5O2S/c23-14-9-11(10-22(14)12-5-1-2-6-12)15(24)19-17-21-20-16(25-17)13-7-3-4-8-18-13/h3-4,7-8,11-12H,1-2,5-6,9-10H2,(H,19,21,24). The monoisotopic (exact) mass is 357 g/mol. The molecule has 25 heavy (non-hydrogen) atoms. The van der Waals surface area contributed by atoms with Gasteiger partial charge in [0.15, 0.2) is 5.01 Å². The Balaban J connectivity index is 1.39. The lowest BCUT2D eigenvalue weighted by Gasteiger charge is -2.23. The fourth-order valence-corrected chi connectivity index (χ4v) is 4.27. The van der Waals surface area contributed by atoms with Crippen LogP contribution in [0.1, 0.15) is 32.1 Å². The molecule has 0 bridgehead atoms. The number of nitrogens with one attached hydrogen (secondary N) is 1. The summed E-state index contributed by atoms with van der Waals surface area (Å²) in [6.07, 6.45) is 6.44. The minimum Gasteiger partial charge on any atom is -0.339 e. The average molecular weight is 357 g/mol. The molecule has 1 aliphatic heterocycles. The summed E-state index contributed by atoms with van der Waals surface area (Å²) in [6.45, 7) is 0.515. The van der Waals surface area contributed by atoms with Gasteiger partial charge in [0, 0.05) is 25.2 Å². The van der Waals surface area contributed by atoms with Gasteiger partial charge >= 0.3 is 0 Å². The molecule has 0 spiro atoms. The fraction of sp³-hybridized carbons (Fsp3) is 0.471. The third kappa shape index (κ3) is 3.39. The van der Waals surface area contributed by atoms with E-state index in [0.29, 0.717) is 22.7 Å². The smallest absolute Gasteiger partial charge is 0.231 e. The van der Waals surface area contributed by atoms with Gasteiger partial charge in [0.1, 0.15) is 5.69 Å². The Hall–Kier alpha value is -2.35. The van der Waals surface area contributed by atoms with Crippen LogP contribution in [0, 0.1) is 5.92 Å². The minimum atomic E-state index is -0.310. The van der Waals surface area contributed by atoms with Crippen LogP contribution in [0.15, 0.2) is 24.4 Å². The van der Waals surface area contributed by atoms with Gasteiger partial charge in [-0.3, -0.25) is 14.6 Å². The summed E-state index contributed by atoms with van der Waals surface area (Å²) in [4.78, 5) is 30.9. The maximum atomic E-state index is 12.5. The highest BCUT2D eigenvalue weighted by Crippen LogP contribution is 2.30. The number of pyridine rings is 1. The Morgan fingerprint density at radius 2 is 2.08 bits per heavy atom. The molecule has 2 aromatic rings. The Kier molecular flexibility index (Phi) is 4.44. The van der Waals surface area contributed by atoms with Crippen molar-refractivity contribution in [3.05, 3.63) is 24.4 Å². The summed E-state index contributed by atoms with van der Waals surface area (Å²) < 4.78 is 0. The van der Waals surface area contributed by atoms with Crippen LogP contribution in [0.5, 0.6) is 0 Å². The summed E-state index contributed by atoms with van der Waals surface area (Å²) >= 11 is 1.28. The number of amides is 2. The van der Waals surface area contributed by atoms with E-state index in [1.165, 1.54) is 24.2 Å². The molecule has 1 atom stereocenters. The lowest BCUT2D eigenvalue weighted by atomic mass is 10.1. The van der Waals surface area contributed by atoms with Gasteiger partial charge in [-0.05, 0) is 25.0 Å². The zero-order valence-electron chi connectivity index (χ0n) is 13.7. The van der Waals surface area contributed by atoms with Crippen molar-refractivity contribution in [2.75, 3.05) is 11.9 Å². The van der Waals surface area contributed by atoms with Crippen LogP contribution in [0.4, 0.5) is 5.13 Å². The molecule has 7 nitrogen and oxygen atoms in total. The number of hydrogen-bond acceptors (Lipinski definition) is 6. The van der Waals surface area contributed by atoms with Crippen LogP contribution >= 0.6 is 11.3 Å². The zero-order chi connectivity index (χ0) is 17.2. The molecule has 3 heterocycles. The maximum Gasteiger partial charge on any atom is 0.231 e. The molecule has 2 fully saturated rings. The highest BCUT2D eigenvalue weighted by Gasteiger charge is 2.38. The van der Waals surface area contributed by atoms with Crippen molar-refractivity contribution in [3.8, 4) is 10.7 Å². The van der Waals surface area contributed by atoms with E-state index in [2.05, 4.69) is 20.5 Å². The summed E-state index contributed by atoms with van der Waals surface area (Å²) in [5.74, 6) is -0.369. The Bertz CT molecular complexity index is 772. The van der Waals surface area contributed by atoms with Gasteiger partial charge < -0.3 is 10.2 Å². The molecule has 2 amide bonds. The Labute approximate surface area is 149 Å². The number of anilines is 1. The molecule has 1 saturated heterocycles. The third-order valence-electron chi connectivity index (χ3n) is 4.83. The molecular weight excluding hydrogens is 338 g/mol. The highest BCUT2D eigenvalue weighted by atomic mass is 32.1. The lowest BCUT2D eigenvalue weighted by molar-refractivity contribution is -0.129. The van der Waals surface area contributed by atoms with Gasteiger partial charge in [0.05, 0.1) is 5.92 Å². The summed E-state index contributed by atoms with van der Waals surface area (Å²) in [5.41, 5.74) is 0.726. The van der Waals surface area contributed by atoms with Gasteiger partial charge in [-0.1, -0.05) is 30.2 Å². The van der Waals surface area contributed by atoms with Crippen molar-refractivity contribution in [1.82, 2.24) is 20.1 Å². The first-order valence-electron chi connectivity index (χ1n) is 8.56. The molecule has 4 rings (SSSR count). The quantitative estimate of drug-likeness (QED) is 0.907. The summed E-state index contributed by atoms with van der Waals surface area (Å²) in [7, 11) is 0. The van der Waals surface area contributed by atoms with E-state index in [4.69, 9.17) is 0 Å². The number of likely N-dealkylation sites (tertiary alicyclic amines) is 1. The Morgan fingerprint density at radius 3 is 2.84 bits per heavy atom. The topological polar surface area (TPSA) is 88.1 Å². The van der Waals surface area contributed by atoms with Crippen LogP contribution in [-0.4, -0.2) is 44.5 Å². The highest BCUT2D eigenvalue weighted by molar-refractivity contribution is 7.18. The second kappa shape index (κ2) is 6.87. The molecule has 8 heteroatoms. The number of carbonyl (C=O) groups is 2. The first-order chi connectivity index (χ1) is 12.2. The predicted octanol–water partition coefficient (Wildman–Crippen LogP) is 2.33. The van der Waals surface area contributed by atoms with Crippen molar-refractivity contribution in [2.24, 2.45) is 5.92 Å². The van der Waals surface area contributed by atoms with E-state index in [1.807, 2.05) is 23.1 Å². The maximum absolute atomic E-state index is 12.5. The van der Waals surface area contributed by atoms with Crippen molar-refractivity contribution < 1.29 is 9.59 Å². The molecule has 1 aliphatic carbocycles. The second-order valence-electron chi connectivity index (χ2n) is 6.50. The Morgan fingerprint density at radius 1 is 1.24 bits per heavy atom. The minimum absolute atomic E-state index is 0.0958. The number of carbonyl (C=O) groups excluding carboxylic acids is 2. The molecule has 1 saturated carbocycles. The van der Waals surface area contributed by atoms with E-state index >= 15 is 0 Å². The van der Waals surface area contributed by atoms with E-state index in [9.17, 15) is 9.59 Å². The van der Waals surface area contributed by atoms with Gasteiger partial charge in [-0.25, -0.2) is 0 Å². The van der Waals surface area contributed by atoms with Gasteiger partial charge in [0.25, 0.3) is 0 Å². The fourth-order valence-electron chi connectivity index (χ4n) is 3.55. The predicted molar refractivity (Wildman–Crippen MR) is 93.8 cm³/mol. The van der Waals surface area contributed by atoms with E-state index in [-0.39, 0.29) is 24.2 Å². The van der Waals surface area contributed by atoms with Crippen molar-refractivity contribution in [3.63, 3.8) is 0 Å². The second-order valence-corrected chi connectivity index (χ2v) is 7.48. The van der Waals surface area contributed by atoms with Crippen molar-refractivity contribution >= 4 is 28.3 Å². The van der Waals surface area contributed by atoms with E-state index in [1.54, 1.807) is 6.20 Å². The molecule has 2 aromatic heterocycles. The summed E-state index contributed by atoms with van der Waals surface area (Å²) in [6, 6.07) is 5.88. The molecule has 2 aliphatic rings. The van der Waals surface area contributed by atoms with Crippen molar-refractivity contribution in [1.29, 1.82) is 0 Å². The molecule has 1 unspecified atom stereocenters. The number of nitrogens with zero attached hydrogens (tertiary/aromatic N) is 4. The molecular formula is C17H19N5O2S. The third-order valence-corrected chi connectivity index (χ3v) is 5.70. The van der Waals surface area contributed by atoms with Crippen LogP contribution in [0.2, 0.25) is 0 Å². The number of aromatic nitrogens is 3. The van der Waals surface area contributed by atoms with Crippen LogP contribution in [0.3, 0.4) is 0 Å². The first kappa shape index (κ1) is 16.1. The van der Waals surface area contributed by atoms with Crippen molar-refractivity contribution in [2.45, 2.75) is 38.1 Å². The van der Waals surface area contributed by atoms with E-state index < -0.39 is 0 Å². The summed E-state index contributed by atoms with van der Waals surface area (Å²) in [5, 5.41) is 12.0. The average Bonchev–Trinajstić information content (AvgIpc) is 3.35. The van der Waals surface area contributed by atoms with Crippen LogP contribution in [0.25, 0.3) is 10.7 Å². The zero-order valence-corrected chi connectivity index (χ0v) is 14.5. The number of rotatable bonds is 4. The first-order valence-corrected chi connectivity index (χ1v) is 9.37. The SMILES string of the molecule is O=C(Nc1nnc(-c2ccccn2)s1)C1CC(=O)N(C2CCCC2)C1. The normalized spacial score (nSPS) is 21.0. The van der Waals surface area contributed by atoms with E-state index in [0.717, 1.165) is 18.5 Å². The lowest BCUT2D eigenvalue weighted by Crippen LogP contribution is -2.35. The van der Waals surface area contributed by atoms with Crippen LogP contribution in [-0.2, 0) is 9.59 Å². The molecule has 0 aromatic carbocycles. The van der Waals surface area contributed by atoms with Crippen LogP contribution < -0.4 is 5.32 Å².